The molecule has 10 heteroatoms. The van der Waals surface area contributed by atoms with Gasteiger partial charge in [0, 0.05) is 30.8 Å². The smallest absolute Gasteiger partial charge is 0.389 e. The van der Waals surface area contributed by atoms with Crippen molar-refractivity contribution in [3.05, 3.63) is 42.2 Å². The molecule has 1 aliphatic heterocycles. The molecular formula is C25H28F3N3O4. The number of piperidine rings is 1. The predicted octanol–water partition coefficient (Wildman–Crippen LogP) is 5.02. The lowest BCUT2D eigenvalue weighted by molar-refractivity contribution is -0.133. The van der Waals surface area contributed by atoms with Gasteiger partial charge < -0.3 is 19.1 Å². The van der Waals surface area contributed by atoms with Crippen LogP contribution < -0.4 is 14.2 Å². The van der Waals surface area contributed by atoms with Gasteiger partial charge in [0.25, 0.3) is 0 Å². The molecule has 7 nitrogen and oxygen atoms in total. The summed E-state index contributed by atoms with van der Waals surface area (Å²) in [6, 6.07) is 6.95. The van der Waals surface area contributed by atoms with Crippen LogP contribution in [0.25, 0.3) is 16.9 Å². The molecule has 3 aromatic rings. The van der Waals surface area contributed by atoms with Gasteiger partial charge >= 0.3 is 6.18 Å². The van der Waals surface area contributed by atoms with Crippen molar-refractivity contribution in [2.24, 2.45) is 0 Å². The van der Waals surface area contributed by atoms with Crippen LogP contribution in [0.4, 0.5) is 13.2 Å². The number of alkyl halides is 3. The summed E-state index contributed by atoms with van der Waals surface area (Å²) in [5, 5.41) is 0. The minimum Gasteiger partial charge on any atom is -0.496 e. The fraction of sp³-hybridized carbons (Fsp3) is 0.440. The molecule has 4 rings (SSSR count). The fourth-order valence-electron chi connectivity index (χ4n) is 4.37. The van der Waals surface area contributed by atoms with Gasteiger partial charge in [-0.05, 0) is 44.6 Å². The van der Waals surface area contributed by atoms with E-state index >= 15 is 0 Å². The highest BCUT2D eigenvalue weighted by Crippen LogP contribution is 2.37. The van der Waals surface area contributed by atoms with Crippen LogP contribution in [0.15, 0.2) is 36.7 Å². The second-order valence-corrected chi connectivity index (χ2v) is 8.67. The van der Waals surface area contributed by atoms with Crippen LogP contribution in [-0.2, 0) is 0 Å². The minimum absolute atomic E-state index is 0.00930. The van der Waals surface area contributed by atoms with Crippen molar-refractivity contribution in [1.29, 1.82) is 0 Å². The van der Waals surface area contributed by atoms with Crippen LogP contribution in [0.3, 0.4) is 0 Å². The summed E-state index contributed by atoms with van der Waals surface area (Å²) in [6.07, 6.45) is -0.588. The third-order valence-electron chi connectivity index (χ3n) is 6.08. The highest BCUT2D eigenvalue weighted by atomic mass is 19.4. The number of rotatable bonds is 8. The Kier molecular flexibility index (Phi) is 7.20. The van der Waals surface area contributed by atoms with Crippen LogP contribution in [0.1, 0.15) is 36.0 Å². The third kappa shape index (κ3) is 5.70. The number of ketones is 1. The lowest BCUT2D eigenvalue weighted by atomic mass is 10.0. The first-order valence-electron chi connectivity index (χ1n) is 11.4. The van der Waals surface area contributed by atoms with Crippen LogP contribution in [-0.4, -0.2) is 66.7 Å². The number of ether oxygens (including phenoxy) is 3. The first-order valence-corrected chi connectivity index (χ1v) is 11.4. The summed E-state index contributed by atoms with van der Waals surface area (Å²) < 4.78 is 56.7. The number of likely N-dealkylation sites (N-methyl/N-ethyl adjacent to an activating group) is 1. The second kappa shape index (κ2) is 10.2. The fourth-order valence-corrected chi connectivity index (χ4v) is 4.37. The monoisotopic (exact) mass is 491 g/mol. The molecule has 0 radical (unpaired) electrons. The molecule has 2 aromatic heterocycles. The van der Waals surface area contributed by atoms with E-state index in [4.69, 9.17) is 14.2 Å². The number of hydrogen-bond donors (Lipinski definition) is 0. The molecule has 1 aromatic carbocycles. The van der Waals surface area contributed by atoms with Gasteiger partial charge in [0.1, 0.15) is 34.6 Å². The quantitative estimate of drug-likeness (QED) is 0.413. The molecule has 0 bridgehead atoms. The predicted molar refractivity (Wildman–Crippen MR) is 124 cm³/mol. The number of fused-ring (bicyclic) bond motifs is 1. The van der Waals surface area contributed by atoms with Crippen molar-refractivity contribution < 1.29 is 32.2 Å². The first-order chi connectivity index (χ1) is 16.7. The van der Waals surface area contributed by atoms with Gasteiger partial charge in [0.15, 0.2) is 5.78 Å². The van der Waals surface area contributed by atoms with Crippen LogP contribution in [0, 0.1) is 0 Å². The molecule has 1 atom stereocenters. The summed E-state index contributed by atoms with van der Waals surface area (Å²) >= 11 is 0. The maximum Gasteiger partial charge on any atom is 0.389 e. The summed E-state index contributed by atoms with van der Waals surface area (Å²) in [7, 11) is 4.80. The number of carbonyl (C=O) groups is 1. The van der Waals surface area contributed by atoms with Crippen LogP contribution in [0.5, 0.6) is 17.2 Å². The van der Waals surface area contributed by atoms with E-state index in [0.717, 1.165) is 31.7 Å². The minimum atomic E-state index is -4.43. The molecule has 3 heterocycles. The lowest BCUT2D eigenvalue weighted by Gasteiger charge is -2.30. The number of carbonyl (C=O) groups excluding carboxylic acids is 1. The Balaban J connectivity index is 1.63. The average molecular weight is 492 g/mol. The van der Waals surface area contributed by atoms with E-state index in [2.05, 4.69) is 16.9 Å². The van der Waals surface area contributed by atoms with Crippen molar-refractivity contribution in [2.45, 2.75) is 38.0 Å². The van der Waals surface area contributed by atoms with Gasteiger partial charge in [-0.3, -0.25) is 9.20 Å². The standard InChI is InChI=1S/C25H28F3N3O4/c1-30-9-4-5-18(15-30)35-17-7-10-31-19(14-29-23(31)13-17)16-11-21(33-2)24(22(12-16)34-3)20(32)6-8-25(26,27)28/h7,10-14,18H,4-6,8-9,15H2,1-3H3. The molecular weight excluding hydrogens is 463 g/mol. The van der Waals surface area contributed by atoms with Crippen molar-refractivity contribution in [2.75, 3.05) is 34.4 Å². The highest BCUT2D eigenvalue weighted by molar-refractivity contribution is 6.02. The van der Waals surface area contributed by atoms with E-state index < -0.39 is 24.8 Å². The van der Waals surface area contributed by atoms with Gasteiger partial charge in [0.05, 0.1) is 32.5 Å². The molecule has 1 fully saturated rings. The maximum absolute atomic E-state index is 12.6. The number of imidazole rings is 1. The molecule has 188 valence electrons. The Morgan fingerprint density at radius 3 is 2.51 bits per heavy atom. The Bertz CT molecular complexity index is 1180. The van der Waals surface area contributed by atoms with E-state index in [0.29, 0.717) is 16.9 Å². The number of hydrogen-bond acceptors (Lipinski definition) is 6. The number of halogens is 3. The van der Waals surface area contributed by atoms with Crippen molar-refractivity contribution in [3.63, 3.8) is 0 Å². The number of Topliss-reactive ketones (excluding diaryl/α,β-unsaturated/α-hetero) is 1. The number of likely N-dealkylation sites (tertiary alicyclic amines) is 1. The number of pyridine rings is 1. The van der Waals surface area contributed by atoms with Gasteiger partial charge in [-0.15, -0.1) is 0 Å². The first kappa shape index (κ1) is 24.8. The topological polar surface area (TPSA) is 65.3 Å². The van der Waals surface area contributed by atoms with Crippen LogP contribution >= 0.6 is 0 Å². The maximum atomic E-state index is 12.6. The zero-order valence-corrected chi connectivity index (χ0v) is 19.9. The van der Waals surface area contributed by atoms with Crippen LogP contribution in [0.2, 0.25) is 0 Å². The largest absolute Gasteiger partial charge is 0.496 e. The second-order valence-electron chi connectivity index (χ2n) is 8.67. The van der Waals surface area contributed by atoms with Crippen molar-refractivity contribution in [3.8, 4) is 28.5 Å². The molecule has 0 saturated carbocycles. The Hall–Kier alpha value is -3.27. The summed E-state index contributed by atoms with van der Waals surface area (Å²) in [5.74, 6) is 0.317. The summed E-state index contributed by atoms with van der Waals surface area (Å²) in [6.45, 7) is 1.95. The van der Waals surface area contributed by atoms with E-state index in [1.54, 1.807) is 18.3 Å². The van der Waals surface area contributed by atoms with E-state index in [-0.39, 0.29) is 23.2 Å². The SMILES string of the molecule is COc1cc(-c2cnc3cc(OC4CCCN(C)C4)ccn23)cc(OC)c1C(=O)CCC(F)(F)F. The zero-order chi connectivity index (χ0) is 25.2. The summed E-state index contributed by atoms with van der Waals surface area (Å²) in [5.41, 5.74) is 2.01. The zero-order valence-electron chi connectivity index (χ0n) is 19.9. The molecule has 0 N–H and O–H groups in total. The molecule has 35 heavy (non-hydrogen) atoms. The number of aromatic nitrogens is 2. The average Bonchev–Trinajstić information content (AvgIpc) is 3.24. The Labute approximate surface area is 201 Å². The third-order valence-corrected chi connectivity index (χ3v) is 6.08. The lowest BCUT2D eigenvalue weighted by Crippen LogP contribution is -2.38. The number of benzene rings is 1. The van der Waals surface area contributed by atoms with Gasteiger partial charge in [-0.1, -0.05) is 0 Å². The van der Waals surface area contributed by atoms with Gasteiger partial charge in [0.2, 0.25) is 0 Å². The van der Waals surface area contributed by atoms with Crippen molar-refractivity contribution >= 4 is 11.4 Å². The summed E-state index contributed by atoms with van der Waals surface area (Å²) in [4.78, 5) is 19.3. The van der Waals surface area contributed by atoms with E-state index in [1.807, 2.05) is 22.7 Å². The number of nitrogens with zero attached hydrogens (tertiary/aromatic N) is 3. The number of methoxy groups -OCH3 is 2. The van der Waals surface area contributed by atoms with E-state index in [1.165, 1.54) is 14.2 Å². The van der Waals surface area contributed by atoms with Gasteiger partial charge in [-0.2, -0.15) is 13.2 Å². The Morgan fingerprint density at radius 2 is 1.89 bits per heavy atom. The normalized spacial score (nSPS) is 16.9. The highest BCUT2D eigenvalue weighted by Gasteiger charge is 2.30. The molecule has 1 aliphatic rings. The Morgan fingerprint density at radius 1 is 1.17 bits per heavy atom. The molecule has 1 saturated heterocycles. The molecule has 1 unspecified atom stereocenters. The van der Waals surface area contributed by atoms with Crippen molar-refractivity contribution in [1.82, 2.24) is 14.3 Å². The molecule has 0 amide bonds. The molecule has 0 aliphatic carbocycles. The van der Waals surface area contributed by atoms with E-state index in [9.17, 15) is 18.0 Å². The van der Waals surface area contributed by atoms with Gasteiger partial charge in [-0.25, -0.2) is 4.98 Å². The molecule has 0 spiro atoms.